The minimum absolute atomic E-state index is 0.506. The van der Waals surface area contributed by atoms with Crippen molar-refractivity contribution in [3.63, 3.8) is 0 Å². The molecule has 0 amide bonds. The van der Waals surface area contributed by atoms with Gasteiger partial charge in [0.1, 0.15) is 0 Å². The summed E-state index contributed by atoms with van der Waals surface area (Å²) in [5.74, 6) is 2.78. The summed E-state index contributed by atoms with van der Waals surface area (Å²) >= 11 is 0. The van der Waals surface area contributed by atoms with Crippen molar-refractivity contribution < 1.29 is 0 Å². The summed E-state index contributed by atoms with van der Waals surface area (Å²) in [6.07, 6.45) is 12.4. The Balaban J connectivity index is 1.94. The van der Waals surface area contributed by atoms with Crippen molar-refractivity contribution in [2.45, 2.75) is 86.5 Å². The first-order valence-electron chi connectivity index (χ1n) is 8.91. The van der Waals surface area contributed by atoms with E-state index in [9.17, 15) is 0 Å². The largest absolute Gasteiger partial charge is 0.0853 e. The van der Waals surface area contributed by atoms with Gasteiger partial charge in [-0.15, -0.1) is 0 Å². The van der Waals surface area contributed by atoms with E-state index in [1.807, 2.05) is 0 Å². The van der Waals surface area contributed by atoms with Gasteiger partial charge < -0.3 is 0 Å². The molecule has 20 heavy (non-hydrogen) atoms. The molecular weight excluding hydrogens is 240 g/mol. The lowest BCUT2D eigenvalue weighted by Gasteiger charge is -2.43. The van der Waals surface area contributed by atoms with Gasteiger partial charge in [0, 0.05) is 0 Å². The highest BCUT2D eigenvalue weighted by Crippen LogP contribution is 2.58. The molecule has 0 bridgehead atoms. The maximum atomic E-state index is 2.60. The summed E-state index contributed by atoms with van der Waals surface area (Å²) in [4.78, 5) is 0. The predicted octanol–water partition coefficient (Wildman–Crippen LogP) is 6.61. The Bertz CT molecular complexity index is 357. The molecule has 0 nitrogen and oxygen atoms in total. The average molecular weight is 277 g/mol. The summed E-state index contributed by atoms with van der Waals surface area (Å²) in [5.41, 5.74) is 2.81. The second kappa shape index (κ2) is 5.85. The van der Waals surface area contributed by atoms with Crippen LogP contribution in [0.25, 0.3) is 0 Å². The topological polar surface area (TPSA) is 0 Å². The Labute approximate surface area is 127 Å². The molecule has 2 aliphatic carbocycles. The minimum Gasteiger partial charge on any atom is -0.0853 e. The fourth-order valence-corrected chi connectivity index (χ4v) is 5.21. The molecule has 4 atom stereocenters. The van der Waals surface area contributed by atoms with Crippen molar-refractivity contribution in [2.24, 2.45) is 28.6 Å². The predicted molar refractivity (Wildman–Crippen MR) is 89.8 cm³/mol. The Hall–Kier alpha value is -0.260. The van der Waals surface area contributed by atoms with Crippen LogP contribution >= 0.6 is 0 Å². The highest BCUT2D eigenvalue weighted by Gasteiger charge is 2.49. The normalized spacial score (nSPS) is 35.6. The van der Waals surface area contributed by atoms with Gasteiger partial charge in [-0.05, 0) is 67.6 Å². The van der Waals surface area contributed by atoms with Crippen LogP contribution in [0.5, 0.6) is 0 Å². The first kappa shape index (κ1) is 16.1. The monoisotopic (exact) mass is 276 g/mol. The number of rotatable bonds is 4. The van der Waals surface area contributed by atoms with Crippen molar-refractivity contribution in [3.8, 4) is 0 Å². The van der Waals surface area contributed by atoms with Crippen LogP contribution in [0.15, 0.2) is 11.6 Å². The highest BCUT2D eigenvalue weighted by molar-refractivity contribution is 5.17. The van der Waals surface area contributed by atoms with Crippen molar-refractivity contribution in [2.75, 3.05) is 0 Å². The Morgan fingerprint density at radius 2 is 2.00 bits per heavy atom. The minimum atomic E-state index is 0.506. The van der Waals surface area contributed by atoms with Gasteiger partial charge in [0.25, 0.3) is 0 Å². The Kier molecular flexibility index (Phi) is 4.72. The van der Waals surface area contributed by atoms with Crippen molar-refractivity contribution in [3.05, 3.63) is 11.6 Å². The molecule has 0 spiro atoms. The van der Waals surface area contributed by atoms with E-state index in [-0.39, 0.29) is 0 Å². The summed E-state index contributed by atoms with van der Waals surface area (Å²) in [6.45, 7) is 14.6. The lowest BCUT2D eigenvalue weighted by Crippen LogP contribution is -2.34. The lowest BCUT2D eigenvalue weighted by molar-refractivity contribution is 0.105. The van der Waals surface area contributed by atoms with Gasteiger partial charge in [-0.1, -0.05) is 59.1 Å². The van der Waals surface area contributed by atoms with E-state index in [0.29, 0.717) is 10.8 Å². The van der Waals surface area contributed by atoms with Crippen LogP contribution in [0.2, 0.25) is 0 Å². The number of fused-ring (bicyclic) bond motifs is 1. The highest BCUT2D eigenvalue weighted by atomic mass is 14.5. The third kappa shape index (κ3) is 3.31. The maximum Gasteiger partial charge on any atom is -0.0149 e. The van der Waals surface area contributed by atoms with E-state index in [2.05, 4.69) is 47.6 Å². The molecule has 0 aromatic heterocycles. The van der Waals surface area contributed by atoms with Gasteiger partial charge in [0.2, 0.25) is 0 Å². The number of hydrogen-bond acceptors (Lipinski definition) is 0. The summed E-state index contributed by atoms with van der Waals surface area (Å²) < 4.78 is 0. The summed E-state index contributed by atoms with van der Waals surface area (Å²) in [7, 11) is 0. The number of allylic oxidation sites excluding steroid dienone is 2. The van der Waals surface area contributed by atoms with Crippen LogP contribution in [0.3, 0.4) is 0 Å². The third-order valence-electron chi connectivity index (χ3n) is 6.38. The van der Waals surface area contributed by atoms with E-state index in [0.717, 1.165) is 17.8 Å². The second-order valence-corrected chi connectivity index (χ2v) is 9.16. The average Bonchev–Trinajstić information content (AvgIpc) is 2.66. The van der Waals surface area contributed by atoms with Gasteiger partial charge in [0.15, 0.2) is 0 Å². The molecule has 0 heteroatoms. The molecule has 0 aromatic carbocycles. The molecular formula is C20H36. The Morgan fingerprint density at radius 1 is 1.30 bits per heavy atom. The summed E-state index contributed by atoms with van der Waals surface area (Å²) in [6, 6.07) is 0. The molecule has 0 saturated heterocycles. The first-order valence-corrected chi connectivity index (χ1v) is 8.91. The van der Waals surface area contributed by atoms with E-state index in [4.69, 9.17) is 0 Å². The van der Waals surface area contributed by atoms with Crippen LogP contribution in [0, 0.1) is 28.6 Å². The van der Waals surface area contributed by atoms with Crippen LogP contribution in [-0.4, -0.2) is 0 Å². The van der Waals surface area contributed by atoms with Crippen LogP contribution < -0.4 is 0 Å². The fourth-order valence-electron chi connectivity index (χ4n) is 5.21. The SMILES string of the molecule is CC1=CCCC2(C)C1CCC2C(C)CCCC(C)(C)C. The van der Waals surface area contributed by atoms with Crippen molar-refractivity contribution in [1.29, 1.82) is 0 Å². The zero-order valence-electron chi connectivity index (χ0n) is 14.8. The van der Waals surface area contributed by atoms with Crippen LogP contribution in [-0.2, 0) is 0 Å². The fraction of sp³-hybridized carbons (Fsp3) is 0.900. The molecule has 2 aliphatic rings. The van der Waals surface area contributed by atoms with Crippen molar-refractivity contribution in [1.82, 2.24) is 0 Å². The molecule has 0 heterocycles. The molecule has 4 unspecified atom stereocenters. The summed E-state index contributed by atoms with van der Waals surface area (Å²) in [5, 5.41) is 0. The van der Waals surface area contributed by atoms with E-state index in [1.54, 1.807) is 5.57 Å². The third-order valence-corrected chi connectivity index (χ3v) is 6.38. The lowest BCUT2D eigenvalue weighted by atomic mass is 9.62. The smallest absolute Gasteiger partial charge is 0.0149 e. The van der Waals surface area contributed by atoms with E-state index in [1.165, 1.54) is 44.9 Å². The molecule has 1 saturated carbocycles. The van der Waals surface area contributed by atoms with Crippen LogP contribution in [0.1, 0.15) is 86.5 Å². The van der Waals surface area contributed by atoms with Crippen LogP contribution in [0.4, 0.5) is 0 Å². The zero-order chi connectivity index (χ0) is 15.0. The standard InChI is InChI=1S/C20H36/c1-15(9-7-13-19(3,4)5)17-11-12-18-16(2)10-8-14-20(17,18)6/h10,15,17-18H,7-9,11-14H2,1-6H3. The Morgan fingerprint density at radius 3 is 2.65 bits per heavy atom. The molecule has 1 fully saturated rings. The van der Waals surface area contributed by atoms with Gasteiger partial charge in [0.05, 0.1) is 0 Å². The molecule has 0 N–H and O–H groups in total. The zero-order valence-corrected chi connectivity index (χ0v) is 14.8. The van der Waals surface area contributed by atoms with E-state index >= 15 is 0 Å². The van der Waals surface area contributed by atoms with E-state index < -0.39 is 0 Å². The molecule has 0 aromatic rings. The van der Waals surface area contributed by atoms with Gasteiger partial charge >= 0.3 is 0 Å². The first-order chi connectivity index (χ1) is 9.24. The number of hydrogen-bond donors (Lipinski definition) is 0. The molecule has 116 valence electrons. The molecule has 2 rings (SSSR count). The molecule has 0 aliphatic heterocycles. The maximum absolute atomic E-state index is 2.60. The van der Waals surface area contributed by atoms with Gasteiger partial charge in [-0.25, -0.2) is 0 Å². The second-order valence-electron chi connectivity index (χ2n) is 9.16. The van der Waals surface area contributed by atoms with Crippen molar-refractivity contribution >= 4 is 0 Å². The molecule has 0 radical (unpaired) electrons. The van der Waals surface area contributed by atoms with Gasteiger partial charge in [-0.3, -0.25) is 0 Å². The van der Waals surface area contributed by atoms with Gasteiger partial charge in [-0.2, -0.15) is 0 Å². The quantitative estimate of drug-likeness (QED) is 0.507.